The average molecular weight is 531 g/mol. The highest BCUT2D eigenvalue weighted by atomic mass is 32.2. The lowest BCUT2D eigenvalue weighted by atomic mass is 10.0. The molecule has 1 aliphatic rings. The zero-order valence-electron chi connectivity index (χ0n) is 21.3. The van der Waals surface area contributed by atoms with Gasteiger partial charge in [-0.3, -0.25) is 9.79 Å². The van der Waals surface area contributed by atoms with E-state index in [-0.39, 0.29) is 29.0 Å². The molecule has 0 radical (unpaired) electrons. The minimum Gasteiger partial charge on any atom is -0.504 e. The summed E-state index contributed by atoms with van der Waals surface area (Å²) in [5.74, 6) is 0.776. The Morgan fingerprint density at radius 1 is 1.03 bits per heavy atom. The number of carbonyl (C=O) groups is 1. The number of allylic oxidation sites excluding steroid dienone is 1. The maximum atomic E-state index is 12.9. The van der Waals surface area contributed by atoms with Gasteiger partial charge in [-0.2, -0.15) is 0 Å². The van der Waals surface area contributed by atoms with Crippen molar-refractivity contribution < 1.29 is 24.5 Å². The molecule has 0 spiro atoms. The quantitative estimate of drug-likeness (QED) is 0.312. The average Bonchev–Trinajstić information content (AvgIpc) is 2.93. The molecule has 0 saturated carbocycles. The van der Waals surface area contributed by atoms with Crippen LogP contribution in [0.25, 0.3) is 6.08 Å². The first-order valence-corrected chi connectivity index (χ1v) is 13.1. The number of hydrogen-bond acceptors (Lipinski definition) is 7. The molecule has 1 heterocycles. The van der Waals surface area contributed by atoms with Crippen LogP contribution in [0.15, 0.2) is 82.8 Å². The second kappa shape index (κ2) is 13.0. The second-order valence-corrected chi connectivity index (χ2v) is 9.90. The van der Waals surface area contributed by atoms with Crippen LogP contribution in [-0.4, -0.2) is 47.6 Å². The maximum Gasteiger partial charge on any atom is 0.183 e. The summed E-state index contributed by atoms with van der Waals surface area (Å²) in [7, 11) is 3.00. The number of benzene rings is 3. The van der Waals surface area contributed by atoms with Crippen LogP contribution in [0.1, 0.15) is 34.8 Å². The third-order valence-corrected chi connectivity index (χ3v) is 7.19. The molecular formula is C30H30N2O5S. The van der Waals surface area contributed by atoms with Gasteiger partial charge in [0.15, 0.2) is 33.9 Å². The van der Waals surface area contributed by atoms with E-state index in [2.05, 4.69) is 12.1 Å². The van der Waals surface area contributed by atoms with Crippen molar-refractivity contribution >= 4 is 34.5 Å². The third-order valence-electron chi connectivity index (χ3n) is 6.03. The van der Waals surface area contributed by atoms with Crippen molar-refractivity contribution in [1.82, 2.24) is 0 Å². The molecule has 0 bridgehead atoms. The molecule has 0 aliphatic carbocycles. The highest BCUT2D eigenvalue weighted by Crippen LogP contribution is 2.40. The normalized spacial score (nSPS) is 16.4. The molecule has 196 valence electrons. The number of methoxy groups -OCH3 is 2. The van der Waals surface area contributed by atoms with E-state index in [9.17, 15) is 15.0 Å². The monoisotopic (exact) mass is 530 g/mol. The molecule has 0 fully saturated rings. The fourth-order valence-electron chi connectivity index (χ4n) is 4.03. The number of amidine groups is 1. The standard InChI is InChI=1S/C30H30N2O5S/c1-36-27-16-21(9-12-25(27)34)8-11-24(33)18-23-19-29(22-10-13-26(35)28(17-22)37-2)38-30(32-23)31-15-14-20-6-4-3-5-7-20/h3-13,16-17,29,34-35H,14-15,18-19H2,1-2H3/b11-8+,31-30?. The molecule has 38 heavy (non-hydrogen) atoms. The van der Waals surface area contributed by atoms with Gasteiger partial charge in [0.05, 0.1) is 14.2 Å². The topological polar surface area (TPSA) is 101 Å². The predicted octanol–water partition coefficient (Wildman–Crippen LogP) is 6.01. The van der Waals surface area contributed by atoms with E-state index >= 15 is 0 Å². The van der Waals surface area contributed by atoms with Gasteiger partial charge in [0.2, 0.25) is 0 Å². The Bertz CT molecular complexity index is 1370. The van der Waals surface area contributed by atoms with Crippen LogP contribution in [0.4, 0.5) is 0 Å². The van der Waals surface area contributed by atoms with Crippen molar-refractivity contribution in [2.75, 3.05) is 20.8 Å². The minimum atomic E-state index is -0.0895. The molecule has 1 atom stereocenters. The van der Waals surface area contributed by atoms with Gasteiger partial charge in [0, 0.05) is 30.3 Å². The number of carbonyl (C=O) groups excluding carboxylic acids is 1. The maximum absolute atomic E-state index is 12.9. The summed E-state index contributed by atoms with van der Waals surface area (Å²) in [6, 6.07) is 20.4. The number of nitrogens with zero attached hydrogens (tertiary/aromatic N) is 2. The number of hydrogen-bond donors (Lipinski definition) is 2. The SMILES string of the molecule is COc1cc(/C=C/C(=O)CC2=NC(=NCCc3ccccc3)SC(c3ccc(O)c(OC)c3)C2)ccc1O. The summed E-state index contributed by atoms with van der Waals surface area (Å²) in [4.78, 5) is 22.3. The summed E-state index contributed by atoms with van der Waals surface area (Å²) in [6.45, 7) is 0.589. The third kappa shape index (κ3) is 7.26. The van der Waals surface area contributed by atoms with Crippen LogP contribution >= 0.6 is 11.8 Å². The Labute approximate surface area is 226 Å². The van der Waals surface area contributed by atoms with Gasteiger partial charge in [-0.25, -0.2) is 4.99 Å². The zero-order valence-corrected chi connectivity index (χ0v) is 22.1. The zero-order chi connectivity index (χ0) is 26.9. The minimum absolute atomic E-state index is 0.0226. The smallest absolute Gasteiger partial charge is 0.183 e. The van der Waals surface area contributed by atoms with E-state index in [4.69, 9.17) is 19.5 Å². The lowest BCUT2D eigenvalue weighted by Gasteiger charge is -2.23. The highest BCUT2D eigenvalue weighted by Gasteiger charge is 2.25. The van der Waals surface area contributed by atoms with E-state index in [1.54, 1.807) is 36.0 Å². The second-order valence-electron chi connectivity index (χ2n) is 8.73. The molecule has 3 aromatic rings. The lowest BCUT2D eigenvalue weighted by molar-refractivity contribution is -0.113. The fourth-order valence-corrected chi connectivity index (χ4v) is 5.19. The lowest BCUT2D eigenvalue weighted by Crippen LogP contribution is -2.17. The molecular weight excluding hydrogens is 500 g/mol. The van der Waals surface area contributed by atoms with Crippen LogP contribution in [-0.2, 0) is 11.2 Å². The Morgan fingerprint density at radius 2 is 1.74 bits per heavy atom. The number of phenolic OH excluding ortho intramolecular Hbond substituents is 2. The molecule has 0 saturated heterocycles. The Kier molecular flexibility index (Phi) is 9.21. The largest absolute Gasteiger partial charge is 0.504 e. The number of ketones is 1. The van der Waals surface area contributed by atoms with E-state index in [1.807, 2.05) is 30.3 Å². The van der Waals surface area contributed by atoms with Crippen molar-refractivity contribution in [2.45, 2.75) is 24.5 Å². The van der Waals surface area contributed by atoms with Crippen molar-refractivity contribution in [1.29, 1.82) is 0 Å². The number of thioether (sulfide) groups is 1. The molecule has 1 unspecified atom stereocenters. The van der Waals surface area contributed by atoms with Gasteiger partial charge in [0.25, 0.3) is 0 Å². The number of phenols is 2. The van der Waals surface area contributed by atoms with Crippen LogP contribution in [0.3, 0.4) is 0 Å². The van der Waals surface area contributed by atoms with Crippen molar-refractivity contribution in [3.63, 3.8) is 0 Å². The van der Waals surface area contributed by atoms with Gasteiger partial charge in [0.1, 0.15) is 0 Å². The van der Waals surface area contributed by atoms with E-state index in [0.29, 0.717) is 29.6 Å². The first kappa shape index (κ1) is 27.0. The molecule has 1 aliphatic heterocycles. The van der Waals surface area contributed by atoms with Gasteiger partial charge >= 0.3 is 0 Å². The number of aliphatic imine (C=N–C) groups is 2. The van der Waals surface area contributed by atoms with Crippen LogP contribution in [0, 0.1) is 0 Å². The number of ether oxygens (including phenoxy) is 2. The van der Waals surface area contributed by atoms with Crippen LogP contribution in [0.5, 0.6) is 23.0 Å². The van der Waals surface area contributed by atoms with E-state index in [1.165, 1.54) is 31.9 Å². The molecule has 0 aromatic heterocycles. The van der Waals surface area contributed by atoms with Gasteiger partial charge in [-0.15, -0.1) is 0 Å². The number of aromatic hydroxyl groups is 2. The number of rotatable bonds is 10. The summed E-state index contributed by atoms with van der Waals surface area (Å²) >= 11 is 1.55. The molecule has 8 heteroatoms. The highest BCUT2D eigenvalue weighted by molar-refractivity contribution is 8.14. The Morgan fingerprint density at radius 3 is 2.47 bits per heavy atom. The fraction of sp³-hybridized carbons (Fsp3) is 0.233. The summed E-state index contributed by atoms with van der Waals surface area (Å²) in [5.41, 5.74) is 3.66. The van der Waals surface area contributed by atoms with Crippen molar-refractivity contribution in [2.24, 2.45) is 9.98 Å². The first-order chi connectivity index (χ1) is 18.4. The summed E-state index contributed by atoms with van der Waals surface area (Å²) in [5, 5.41) is 20.4. The van der Waals surface area contributed by atoms with E-state index in [0.717, 1.165) is 23.3 Å². The Hall–Kier alpha value is -4.04. The van der Waals surface area contributed by atoms with E-state index < -0.39 is 0 Å². The van der Waals surface area contributed by atoms with Crippen LogP contribution < -0.4 is 9.47 Å². The molecule has 2 N–H and O–H groups in total. The van der Waals surface area contributed by atoms with Crippen LogP contribution in [0.2, 0.25) is 0 Å². The predicted molar refractivity (Wildman–Crippen MR) is 153 cm³/mol. The molecule has 7 nitrogen and oxygen atoms in total. The molecule has 0 amide bonds. The molecule has 4 rings (SSSR count). The van der Waals surface area contributed by atoms with Crippen molar-refractivity contribution in [3.8, 4) is 23.0 Å². The summed E-state index contributed by atoms with van der Waals surface area (Å²) in [6.07, 6.45) is 4.74. The first-order valence-electron chi connectivity index (χ1n) is 12.2. The van der Waals surface area contributed by atoms with Gasteiger partial charge < -0.3 is 19.7 Å². The van der Waals surface area contributed by atoms with Gasteiger partial charge in [-0.1, -0.05) is 60.3 Å². The van der Waals surface area contributed by atoms with Gasteiger partial charge in [-0.05, 0) is 53.5 Å². The Balaban J connectivity index is 1.52. The summed E-state index contributed by atoms with van der Waals surface area (Å²) < 4.78 is 10.4. The van der Waals surface area contributed by atoms with Crippen molar-refractivity contribution in [3.05, 3.63) is 89.5 Å². The molecule has 3 aromatic carbocycles.